The molecule has 1 unspecified atom stereocenters. The van der Waals surface area contributed by atoms with Crippen LogP contribution in [0.4, 0.5) is 17.1 Å². The molecule has 3 N–H and O–H groups in total. The van der Waals surface area contributed by atoms with Crippen LogP contribution in [0, 0.1) is 6.92 Å². The molecule has 0 saturated heterocycles. The van der Waals surface area contributed by atoms with Gasteiger partial charge in [0.1, 0.15) is 5.75 Å². The van der Waals surface area contributed by atoms with Crippen molar-refractivity contribution in [1.29, 1.82) is 0 Å². The van der Waals surface area contributed by atoms with E-state index in [1.54, 1.807) is 12.1 Å². The summed E-state index contributed by atoms with van der Waals surface area (Å²) in [6.45, 7) is 1.89. The summed E-state index contributed by atoms with van der Waals surface area (Å²) >= 11 is 6.24. The van der Waals surface area contributed by atoms with E-state index in [9.17, 15) is 15.3 Å². The Balaban J connectivity index is 1.68. The van der Waals surface area contributed by atoms with Crippen molar-refractivity contribution in [2.24, 2.45) is 0 Å². The molecule has 5 aromatic rings. The molecule has 2 aliphatic rings. The number of halogens is 1. The first-order valence-corrected chi connectivity index (χ1v) is 12.4. The second-order valence-corrected chi connectivity index (χ2v) is 10.1. The maximum absolute atomic E-state index is 11.0. The average molecular weight is 504 g/mol. The highest BCUT2D eigenvalue weighted by Crippen LogP contribution is 2.64. The Morgan fingerprint density at radius 3 is 2.03 bits per heavy atom. The minimum atomic E-state index is -0.822. The average Bonchev–Trinajstić information content (AvgIpc) is 3.17. The molecule has 5 heteroatoms. The molecule has 37 heavy (non-hydrogen) atoms. The number of aromatic hydroxyl groups is 3. The zero-order valence-corrected chi connectivity index (χ0v) is 20.7. The molecule has 0 amide bonds. The summed E-state index contributed by atoms with van der Waals surface area (Å²) in [7, 11) is 0. The molecular weight excluding hydrogens is 482 g/mol. The number of para-hydroxylation sites is 1. The number of hydrogen-bond donors (Lipinski definition) is 3. The first-order valence-electron chi connectivity index (χ1n) is 12.1. The zero-order valence-electron chi connectivity index (χ0n) is 19.9. The number of nitrogens with zero attached hydrogens (tertiary/aromatic N) is 1. The highest BCUT2D eigenvalue weighted by molar-refractivity contribution is 6.30. The Labute approximate surface area is 219 Å². The van der Waals surface area contributed by atoms with Crippen LogP contribution in [0.2, 0.25) is 5.02 Å². The van der Waals surface area contributed by atoms with Gasteiger partial charge in [-0.2, -0.15) is 0 Å². The molecule has 1 heterocycles. The summed E-state index contributed by atoms with van der Waals surface area (Å²) in [4.78, 5) is 2.19. The third-order valence-corrected chi connectivity index (χ3v) is 7.98. The Morgan fingerprint density at radius 2 is 1.24 bits per heavy atom. The van der Waals surface area contributed by atoms with Crippen LogP contribution < -0.4 is 4.90 Å². The molecule has 180 valence electrons. The van der Waals surface area contributed by atoms with Crippen molar-refractivity contribution < 1.29 is 15.3 Å². The van der Waals surface area contributed by atoms with Crippen LogP contribution in [0.5, 0.6) is 17.2 Å². The Bertz CT molecular complexity index is 1740. The van der Waals surface area contributed by atoms with Crippen molar-refractivity contribution in [2.75, 3.05) is 4.90 Å². The van der Waals surface area contributed by atoms with Crippen LogP contribution in [0.1, 0.15) is 27.8 Å². The van der Waals surface area contributed by atoms with Gasteiger partial charge < -0.3 is 20.2 Å². The van der Waals surface area contributed by atoms with Gasteiger partial charge in [0.05, 0.1) is 16.8 Å². The van der Waals surface area contributed by atoms with E-state index in [0.717, 1.165) is 56.0 Å². The highest BCUT2D eigenvalue weighted by atomic mass is 35.5. The van der Waals surface area contributed by atoms with E-state index in [1.165, 1.54) is 0 Å². The van der Waals surface area contributed by atoms with Gasteiger partial charge in [0.25, 0.3) is 0 Å². The van der Waals surface area contributed by atoms with E-state index in [1.807, 2.05) is 73.7 Å². The van der Waals surface area contributed by atoms with Crippen molar-refractivity contribution in [3.63, 3.8) is 0 Å². The minimum Gasteiger partial charge on any atom is -0.508 e. The number of anilines is 3. The highest BCUT2D eigenvalue weighted by Gasteiger charge is 2.52. The second kappa shape index (κ2) is 7.55. The molecule has 0 radical (unpaired) electrons. The molecule has 7 rings (SSSR count). The van der Waals surface area contributed by atoms with Crippen LogP contribution in [0.25, 0.3) is 11.1 Å². The number of phenols is 3. The fourth-order valence-electron chi connectivity index (χ4n) is 6.18. The molecule has 1 aliphatic heterocycles. The molecular formula is C32H22ClNO3. The predicted octanol–water partition coefficient (Wildman–Crippen LogP) is 7.91. The fraction of sp³-hybridized carbons (Fsp3) is 0.0625. The second-order valence-electron chi connectivity index (χ2n) is 9.67. The van der Waals surface area contributed by atoms with Crippen LogP contribution in [-0.2, 0) is 5.41 Å². The van der Waals surface area contributed by atoms with Gasteiger partial charge >= 0.3 is 0 Å². The van der Waals surface area contributed by atoms with Gasteiger partial charge in [0.2, 0.25) is 0 Å². The van der Waals surface area contributed by atoms with E-state index >= 15 is 0 Å². The standard InChI is InChI=1S/C32H22ClNO3/c1-18-14-28-26(17-29(18)35)32(23-7-3-2-6-21(23)22-15-30(36)31(37)16-25(22)32)24-8-4-5-9-27(24)34(28)20-12-10-19(33)11-13-20/h2-17,35-37H,1H3. The first kappa shape index (κ1) is 21.8. The monoisotopic (exact) mass is 503 g/mol. The van der Waals surface area contributed by atoms with Crippen molar-refractivity contribution in [2.45, 2.75) is 12.3 Å². The molecule has 1 atom stereocenters. The maximum atomic E-state index is 11.0. The summed E-state index contributed by atoms with van der Waals surface area (Å²) in [5.74, 6) is -0.145. The number of aryl methyl sites for hydroxylation is 1. The molecule has 1 spiro atoms. The van der Waals surface area contributed by atoms with E-state index in [2.05, 4.69) is 23.1 Å². The summed E-state index contributed by atoms with van der Waals surface area (Å²) in [6, 6.07) is 31.2. The lowest BCUT2D eigenvalue weighted by molar-refractivity contribution is 0.403. The lowest BCUT2D eigenvalue weighted by Crippen LogP contribution is -2.36. The first-order chi connectivity index (χ1) is 17.9. The predicted molar refractivity (Wildman–Crippen MR) is 147 cm³/mol. The number of phenolic OH excluding ortho intramolecular Hbond substituents is 3. The number of fused-ring (bicyclic) bond motifs is 9. The third-order valence-electron chi connectivity index (χ3n) is 7.73. The Morgan fingerprint density at radius 1 is 0.595 bits per heavy atom. The molecule has 0 saturated carbocycles. The van der Waals surface area contributed by atoms with E-state index < -0.39 is 5.41 Å². The smallest absolute Gasteiger partial charge is 0.158 e. The van der Waals surface area contributed by atoms with Gasteiger partial charge in [-0.3, -0.25) is 0 Å². The summed E-state index contributed by atoms with van der Waals surface area (Å²) in [6.07, 6.45) is 0. The van der Waals surface area contributed by atoms with Crippen LogP contribution in [0.15, 0.2) is 97.1 Å². The topological polar surface area (TPSA) is 63.9 Å². The molecule has 0 aromatic heterocycles. The molecule has 0 fully saturated rings. The van der Waals surface area contributed by atoms with Crippen molar-refractivity contribution in [3.05, 3.63) is 130 Å². The zero-order chi connectivity index (χ0) is 25.5. The van der Waals surface area contributed by atoms with Gasteiger partial charge in [0.15, 0.2) is 11.5 Å². The van der Waals surface area contributed by atoms with Crippen LogP contribution in [0.3, 0.4) is 0 Å². The molecule has 0 bridgehead atoms. The van der Waals surface area contributed by atoms with Gasteiger partial charge in [-0.15, -0.1) is 0 Å². The SMILES string of the molecule is Cc1cc2c(cc1O)C1(c3ccccc3-c3cc(O)c(O)cc31)c1ccccc1N2c1ccc(Cl)cc1. The molecule has 5 aromatic carbocycles. The summed E-state index contributed by atoms with van der Waals surface area (Å²) in [5.41, 5.74) is 8.41. The van der Waals surface area contributed by atoms with Crippen molar-refractivity contribution >= 4 is 28.7 Å². The van der Waals surface area contributed by atoms with E-state index in [4.69, 9.17) is 11.6 Å². The Hall–Kier alpha value is -4.41. The summed E-state index contributed by atoms with van der Waals surface area (Å²) < 4.78 is 0. The number of rotatable bonds is 1. The lowest BCUT2D eigenvalue weighted by atomic mass is 9.64. The normalized spacial score (nSPS) is 16.8. The van der Waals surface area contributed by atoms with Gasteiger partial charge in [-0.25, -0.2) is 0 Å². The number of benzene rings is 5. The van der Waals surface area contributed by atoms with Gasteiger partial charge in [-0.1, -0.05) is 54.1 Å². The van der Waals surface area contributed by atoms with Crippen molar-refractivity contribution in [1.82, 2.24) is 0 Å². The van der Waals surface area contributed by atoms with Crippen LogP contribution in [-0.4, -0.2) is 15.3 Å². The molecule has 1 aliphatic carbocycles. The lowest BCUT2D eigenvalue weighted by Gasteiger charge is -2.45. The largest absolute Gasteiger partial charge is 0.508 e. The maximum Gasteiger partial charge on any atom is 0.158 e. The Kier molecular flexibility index (Phi) is 4.45. The quantitative estimate of drug-likeness (QED) is 0.199. The van der Waals surface area contributed by atoms with Gasteiger partial charge in [0, 0.05) is 10.7 Å². The van der Waals surface area contributed by atoms with E-state index in [0.29, 0.717) is 5.02 Å². The minimum absolute atomic E-state index is 0.163. The summed E-state index contributed by atoms with van der Waals surface area (Å²) in [5, 5.41) is 32.9. The van der Waals surface area contributed by atoms with Gasteiger partial charge in [-0.05, 0) is 100 Å². The third kappa shape index (κ3) is 2.79. The molecule has 4 nitrogen and oxygen atoms in total. The van der Waals surface area contributed by atoms with Crippen molar-refractivity contribution in [3.8, 4) is 28.4 Å². The number of hydrogen-bond acceptors (Lipinski definition) is 4. The fourth-order valence-corrected chi connectivity index (χ4v) is 6.30. The van der Waals surface area contributed by atoms with E-state index in [-0.39, 0.29) is 17.2 Å². The van der Waals surface area contributed by atoms with Crippen LogP contribution >= 0.6 is 11.6 Å².